The lowest BCUT2D eigenvalue weighted by Gasteiger charge is -2.43. The molecular weight excluding hydrogens is 405 g/mol. The number of urea groups is 1. The predicted molar refractivity (Wildman–Crippen MR) is 97.3 cm³/mol. The van der Waals surface area contributed by atoms with Gasteiger partial charge in [-0.25, -0.2) is 4.79 Å². The van der Waals surface area contributed by atoms with Gasteiger partial charge in [0.05, 0.1) is 17.8 Å². The van der Waals surface area contributed by atoms with Gasteiger partial charge in [0.1, 0.15) is 6.61 Å². The lowest BCUT2D eigenvalue weighted by Crippen LogP contribution is -2.62. The summed E-state index contributed by atoms with van der Waals surface area (Å²) in [5.74, 6) is -0.155. The Kier molecular flexibility index (Phi) is 5.60. The van der Waals surface area contributed by atoms with E-state index in [-0.39, 0.29) is 48.7 Å². The minimum atomic E-state index is -4.52. The summed E-state index contributed by atoms with van der Waals surface area (Å²) in [6.45, 7) is 2.00. The molecule has 0 aromatic carbocycles. The highest BCUT2D eigenvalue weighted by atomic mass is 19.4. The number of likely N-dealkylation sites (tertiary alicyclic amines) is 2. The summed E-state index contributed by atoms with van der Waals surface area (Å²) >= 11 is 0. The largest absolute Gasteiger partial charge is 0.437 e. The van der Waals surface area contributed by atoms with Crippen LogP contribution >= 0.6 is 0 Å². The van der Waals surface area contributed by atoms with Crippen molar-refractivity contribution in [1.29, 1.82) is 0 Å². The van der Waals surface area contributed by atoms with E-state index in [1.807, 2.05) is 0 Å². The van der Waals surface area contributed by atoms with Crippen LogP contribution in [0.25, 0.3) is 0 Å². The van der Waals surface area contributed by atoms with Gasteiger partial charge < -0.3 is 19.9 Å². The van der Waals surface area contributed by atoms with Crippen LogP contribution in [0.4, 0.5) is 18.0 Å². The van der Waals surface area contributed by atoms with Gasteiger partial charge in [0.25, 0.3) is 0 Å². The topological polar surface area (TPSA) is 92.6 Å². The van der Waals surface area contributed by atoms with Crippen molar-refractivity contribution in [2.75, 3.05) is 32.8 Å². The Labute approximate surface area is 171 Å². The van der Waals surface area contributed by atoms with Crippen LogP contribution in [0.15, 0.2) is 0 Å². The van der Waals surface area contributed by atoms with E-state index in [0.29, 0.717) is 45.4 Å². The highest BCUT2D eigenvalue weighted by Gasteiger charge is 2.40. The van der Waals surface area contributed by atoms with E-state index >= 15 is 0 Å². The Hall–Kier alpha value is -2.37. The van der Waals surface area contributed by atoms with E-state index in [0.717, 1.165) is 4.80 Å². The number of hydrogen-bond acceptors (Lipinski definition) is 5. The minimum absolute atomic E-state index is 0.0172. The number of piperidine rings is 2. The lowest BCUT2D eigenvalue weighted by atomic mass is 9.91. The van der Waals surface area contributed by atoms with Gasteiger partial charge in [0.15, 0.2) is 5.69 Å². The van der Waals surface area contributed by atoms with Gasteiger partial charge in [-0.1, -0.05) is 0 Å². The van der Waals surface area contributed by atoms with E-state index in [9.17, 15) is 22.8 Å². The van der Waals surface area contributed by atoms with Gasteiger partial charge >= 0.3 is 12.2 Å². The molecule has 3 saturated heterocycles. The number of nitrogens with one attached hydrogen (secondary N) is 1. The van der Waals surface area contributed by atoms with Gasteiger partial charge in [-0.05, 0) is 31.6 Å². The van der Waals surface area contributed by atoms with E-state index in [4.69, 9.17) is 4.74 Å². The van der Waals surface area contributed by atoms with Crippen molar-refractivity contribution in [2.24, 2.45) is 13.0 Å². The SMILES string of the molecule is Cn1nc(CC2CCN(C(=O)N3CC[C@@H]4OCC(=O)N[C@@H]4C3)CC2)c(C(F)(F)F)n1. The molecular formula is C18H25F3N6O3. The molecule has 0 unspecified atom stereocenters. The number of hydrogen-bond donors (Lipinski definition) is 1. The summed E-state index contributed by atoms with van der Waals surface area (Å²) in [6, 6.07) is -0.291. The number of aryl methyl sites for hydroxylation is 1. The minimum Gasteiger partial charge on any atom is -0.366 e. The van der Waals surface area contributed by atoms with Gasteiger partial charge in [-0.15, -0.1) is 5.10 Å². The number of amides is 3. The number of rotatable bonds is 2. The van der Waals surface area contributed by atoms with Crippen LogP contribution in [0.5, 0.6) is 0 Å². The first-order chi connectivity index (χ1) is 14.2. The summed E-state index contributed by atoms with van der Waals surface area (Å²) in [7, 11) is 1.38. The van der Waals surface area contributed by atoms with Crippen LogP contribution in [0.2, 0.25) is 0 Å². The van der Waals surface area contributed by atoms with Crippen LogP contribution in [-0.4, -0.2) is 81.7 Å². The fourth-order valence-electron chi connectivity index (χ4n) is 4.48. The number of ether oxygens (including phenoxy) is 1. The van der Waals surface area contributed by atoms with Gasteiger partial charge in [0, 0.05) is 33.2 Å². The molecule has 166 valence electrons. The van der Waals surface area contributed by atoms with Crippen molar-refractivity contribution in [3.63, 3.8) is 0 Å². The lowest BCUT2D eigenvalue weighted by molar-refractivity contribution is -0.142. The third kappa shape index (κ3) is 4.37. The number of carbonyl (C=O) groups is 2. The number of aromatic nitrogens is 3. The molecule has 3 fully saturated rings. The van der Waals surface area contributed by atoms with Gasteiger partial charge in [-0.3, -0.25) is 4.79 Å². The van der Waals surface area contributed by atoms with Crippen molar-refractivity contribution < 1.29 is 27.5 Å². The van der Waals surface area contributed by atoms with E-state index in [1.165, 1.54) is 7.05 Å². The summed E-state index contributed by atoms with van der Waals surface area (Å²) in [4.78, 5) is 28.8. The van der Waals surface area contributed by atoms with E-state index in [2.05, 4.69) is 15.5 Å². The molecule has 12 heteroatoms. The molecule has 30 heavy (non-hydrogen) atoms. The van der Waals surface area contributed by atoms with E-state index in [1.54, 1.807) is 9.80 Å². The first-order valence-electron chi connectivity index (χ1n) is 10.1. The molecule has 0 radical (unpaired) electrons. The Morgan fingerprint density at radius 2 is 1.87 bits per heavy atom. The fraction of sp³-hybridized carbons (Fsp3) is 0.778. The second-order valence-electron chi connectivity index (χ2n) is 8.16. The second kappa shape index (κ2) is 8.05. The summed E-state index contributed by atoms with van der Waals surface area (Å²) in [6.07, 6.45) is -2.50. The number of carbonyl (C=O) groups excluding carboxylic acids is 2. The zero-order valence-corrected chi connectivity index (χ0v) is 16.7. The summed E-state index contributed by atoms with van der Waals surface area (Å²) in [5.41, 5.74) is -0.965. The summed E-state index contributed by atoms with van der Waals surface area (Å²) in [5, 5.41) is 10.2. The zero-order valence-electron chi connectivity index (χ0n) is 16.7. The average Bonchev–Trinajstić information content (AvgIpc) is 3.08. The molecule has 0 saturated carbocycles. The third-order valence-corrected chi connectivity index (χ3v) is 6.01. The molecule has 0 bridgehead atoms. The van der Waals surface area contributed by atoms with Crippen molar-refractivity contribution in [2.45, 2.75) is 44.0 Å². The van der Waals surface area contributed by atoms with Gasteiger partial charge in [-0.2, -0.15) is 23.1 Å². The maximum atomic E-state index is 13.1. The quantitative estimate of drug-likeness (QED) is 0.749. The number of alkyl halides is 3. The standard InChI is InChI=1S/C18H25F3N6O3/c1-25-23-12(16(24-25)18(19,20)21)8-11-2-5-26(6-3-11)17(29)27-7-4-14-13(9-27)22-15(28)10-30-14/h11,13-14H,2-10H2,1H3,(H,22,28)/t13-,14+/m1/s1. The number of morpholine rings is 1. The number of nitrogens with zero attached hydrogens (tertiary/aromatic N) is 5. The molecule has 1 aromatic rings. The molecule has 9 nitrogen and oxygen atoms in total. The first kappa shape index (κ1) is 20.9. The number of fused-ring (bicyclic) bond motifs is 1. The Morgan fingerprint density at radius 3 is 2.57 bits per heavy atom. The summed E-state index contributed by atoms with van der Waals surface area (Å²) < 4.78 is 44.9. The van der Waals surface area contributed by atoms with Crippen LogP contribution in [-0.2, 0) is 29.2 Å². The predicted octanol–water partition coefficient (Wildman–Crippen LogP) is 0.798. The average molecular weight is 430 g/mol. The second-order valence-corrected chi connectivity index (χ2v) is 8.16. The third-order valence-electron chi connectivity index (χ3n) is 6.01. The van der Waals surface area contributed by atoms with Crippen LogP contribution in [0.1, 0.15) is 30.7 Å². The highest BCUT2D eigenvalue weighted by Crippen LogP contribution is 2.32. The molecule has 1 N–H and O–H groups in total. The Bertz CT molecular complexity index is 806. The maximum Gasteiger partial charge on any atom is 0.437 e. The van der Waals surface area contributed by atoms with Crippen molar-refractivity contribution in [1.82, 2.24) is 30.1 Å². The van der Waals surface area contributed by atoms with Crippen molar-refractivity contribution in [3.05, 3.63) is 11.4 Å². The zero-order chi connectivity index (χ0) is 21.5. The van der Waals surface area contributed by atoms with Crippen LogP contribution in [0, 0.1) is 5.92 Å². The molecule has 0 aliphatic carbocycles. The molecule has 1 aromatic heterocycles. The first-order valence-corrected chi connectivity index (χ1v) is 10.1. The molecule has 3 aliphatic heterocycles. The molecule has 0 spiro atoms. The smallest absolute Gasteiger partial charge is 0.366 e. The van der Waals surface area contributed by atoms with Crippen molar-refractivity contribution in [3.8, 4) is 0 Å². The Morgan fingerprint density at radius 1 is 1.17 bits per heavy atom. The number of halogens is 3. The highest BCUT2D eigenvalue weighted by molar-refractivity contribution is 5.79. The normalized spacial score (nSPS) is 25.8. The van der Waals surface area contributed by atoms with Crippen molar-refractivity contribution >= 4 is 11.9 Å². The molecule has 4 rings (SSSR count). The van der Waals surface area contributed by atoms with Crippen LogP contribution in [0.3, 0.4) is 0 Å². The van der Waals surface area contributed by atoms with E-state index < -0.39 is 11.9 Å². The van der Waals surface area contributed by atoms with Crippen LogP contribution < -0.4 is 5.32 Å². The van der Waals surface area contributed by atoms with Gasteiger partial charge in [0.2, 0.25) is 5.91 Å². The molecule has 4 heterocycles. The fourth-order valence-corrected chi connectivity index (χ4v) is 4.48. The molecule has 2 atom stereocenters. The Balaban J connectivity index is 1.31. The monoisotopic (exact) mass is 430 g/mol. The molecule has 3 amide bonds. The maximum absolute atomic E-state index is 13.1. The molecule has 3 aliphatic rings.